The number of halogens is 6. The van der Waals surface area contributed by atoms with Gasteiger partial charge < -0.3 is 15.4 Å². The second-order valence-corrected chi connectivity index (χ2v) is 6.72. The van der Waals surface area contributed by atoms with E-state index in [9.17, 15) is 35.9 Å². The molecule has 12 heteroatoms. The molecular weight excluding hydrogens is 438 g/mol. The number of benzene rings is 2. The molecule has 0 saturated heterocycles. The molecule has 0 fully saturated rings. The third-order valence-corrected chi connectivity index (χ3v) is 4.19. The van der Waals surface area contributed by atoms with E-state index in [1.165, 1.54) is 6.92 Å². The molecule has 0 saturated carbocycles. The summed E-state index contributed by atoms with van der Waals surface area (Å²) in [6.07, 6.45) is -1.80. The molecule has 2 N–H and O–H groups in total. The first kappa shape index (κ1) is 23.5. The predicted octanol–water partition coefficient (Wildman–Crippen LogP) is 5.08. The lowest BCUT2D eigenvalue weighted by molar-refractivity contribution is -0.0328. The van der Waals surface area contributed by atoms with Crippen LogP contribution < -0.4 is 10.6 Å². The molecule has 0 heterocycles. The van der Waals surface area contributed by atoms with Gasteiger partial charge in [-0.05, 0) is 49.0 Å². The van der Waals surface area contributed by atoms with Gasteiger partial charge in [0.15, 0.2) is 6.23 Å². The van der Waals surface area contributed by atoms with Gasteiger partial charge in [-0.25, -0.2) is 18.0 Å². The minimum atomic E-state index is -4.62. The maximum atomic E-state index is 14.0. The summed E-state index contributed by atoms with van der Waals surface area (Å²) in [4.78, 5) is 24.0. The molecular formula is C18H14F6N2O3S. The largest absolute Gasteiger partial charge is 0.446 e. The second kappa shape index (κ2) is 9.85. The number of urea groups is 1. The molecule has 0 aliphatic rings. The summed E-state index contributed by atoms with van der Waals surface area (Å²) in [5, 5.41) is 3.98. The molecule has 0 aliphatic heterocycles. The van der Waals surface area contributed by atoms with E-state index >= 15 is 0 Å². The van der Waals surface area contributed by atoms with Gasteiger partial charge in [0, 0.05) is 11.5 Å². The SMILES string of the molecule is CCOC(NC(=O)Nc1ccc(SC(F)(F)F)cc1F)C(=O)c1c(F)cccc1F. The summed E-state index contributed by atoms with van der Waals surface area (Å²) in [5.41, 5.74) is -6.04. The van der Waals surface area contributed by atoms with E-state index < -0.39 is 68.9 Å². The van der Waals surface area contributed by atoms with Gasteiger partial charge in [0.1, 0.15) is 17.5 Å². The zero-order chi connectivity index (χ0) is 22.5. The number of hydrogen-bond donors (Lipinski definition) is 2. The van der Waals surface area contributed by atoms with Crippen molar-refractivity contribution in [1.29, 1.82) is 0 Å². The van der Waals surface area contributed by atoms with Crippen molar-refractivity contribution in [2.24, 2.45) is 0 Å². The number of ether oxygens (including phenoxy) is 1. The van der Waals surface area contributed by atoms with Crippen molar-refractivity contribution in [3.63, 3.8) is 0 Å². The van der Waals surface area contributed by atoms with Crippen LogP contribution in [0.2, 0.25) is 0 Å². The van der Waals surface area contributed by atoms with Crippen molar-refractivity contribution in [3.05, 3.63) is 59.4 Å². The van der Waals surface area contributed by atoms with Gasteiger partial charge in [-0.1, -0.05) is 6.07 Å². The summed E-state index contributed by atoms with van der Waals surface area (Å²) in [7, 11) is 0. The monoisotopic (exact) mass is 452 g/mol. The van der Waals surface area contributed by atoms with Crippen LogP contribution in [0.15, 0.2) is 41.3 Å². The fourth-order valence-electron chi connectivity index (χ4n) is 2.29. The zero-order valence-corrected chi connectivity index (χ0v) is 16.0. The number of alkyl halides is 3. The van der Waals surface area contributed by atoms with Crippen LogP contribution in [0.25, 0.3) is 0 Å². The Labute approximate surface area is 170 Å². The Morgan fingerprint density at radius 1 is 1.07 bits per heavy atom. The Morgan fingerprint density at radius 3 is 2.23 bits per heavy atom. The first-order chi connectivity index (χ1) is 14.0. The minimum Gasteiger partial charge on any atom is -0.351 e. The number of rotatable bonds is 7. The highest BCUT2D eigenvalue weighted by atomic mass is 32.2. The standard InChI is InChI=1S/C18H14F6N2O3S/c1-2-29-16(15(27)14-10(19)4-3-5-11(14)20)26-17(28)25-13-7-6-9(8-12(13)21)30-18(22,23)24/h3-8,16H,2H2,1H3,(H2,25,26,28). The number of carbonyl (C=O) groups excluding carboxylic acids is 2. The molecule has 30 heavy (non-hydrogen) atoms. The van der Waals surface area contributed by atoms with Crippen molar-refractivity contribution in [1.82, 2.24) is 5.32 Å². The quantitative estimate of drug-likeness (QED) is 0.266. The number of thioether (sulfide) groups is 1. The number of Topliss-reactive ketones (excluding diaryl/α,β-unsaturated/α-hetero) is 1. The third-order valence-electron chi connectivity index (χ3n) is 3.47. The predicted molar refractivity (Wildman–Crippen MR) is 96.6 cm³/mol. The smallest absolute Gasteiger partial charge is 0.351 e. The van der Waals surface area contributed by atoms with Gasteiger partial charge in [0.2, 0.25) is 5.78 Å². The van der Waals surface area contributed by atoms with Crippen molar-refractivity contribution in [2.75, 3.05) is 11.9 Å². The topological polar surface area (TPSA) is 67.4 Å². The highest BCUT2D eigenvalue weighted by molar-refractivity contribution is 8.00. The van der Waals surface area contributed by atoms with Crippen LogP contribution in [0, 0.1) is 17.5 Å². The summed E-state index contributed by atoms with van der Waals surface area (Å²) < 4.78 is 83.6. The van der Waals surface area contributed by atoms with Crippen molar-refractivity contribution in [2.45, 2.75) is 23.6 Å². The summed E-state index contributed by atoms with van der Waals surface area (Å²) in [6.45, 7) is 1.33. The van der Waals surface area contributed by atoms with Crippen LogP contribution in [-0.4, -0.2) is 30.2 Å². The maximum Gasteiger partial charge on any atom is 0.446 e. The molecule has 2 aromatic carbocycles. The first-order valence-corrected chi connectivity index (χ1v) is 9.06. The summed E-state index contributed by atoms with van der Waals surface area (Å²) in [5.74, 6) is -4.73. The van der Waals surface area contributed by atoms with Crippen molar-refractivity contribution in [3.8, 4) is 0 Å². The molecule has 1 atom stereocenters. The van der Waals surface area contributed by atoms with Gasteiger partial charge in [-0.2, -0.15) is 13.2 Å². The molecule has 0 aliphatic carbocycles. The van der Waals surface area contributed by atoms with E-state index in [0.717, 1.165) is 30.3 Å². The van der Waals surface area contributed by atoms with E-state index in [0.29, 0.717) is 6.07 Å². The van der Waals surface area contributed by atoms with Crippen LogP contribution in [-0.2, 0) is 4.74 Å². The van der Waals surface area contributed by atoms with Gasteiger partial charge in [-0.15, -0.1) is 0 Å². The van der Waals surface area contributed by atoms with E-state index in [1.807, 2.05) is 10.6 Å². The Hall–Kier alpha value is -2.73. The van der Waals surface area contributed by atoms with Crippen LogP contribution in [0.3, 0.4) is 0 Å². The average molecular weight is 452 g/mol. The molecule has 0 spiro atoms. The molecule has 2 aromatic rings. The maximum absolute atomic E-state index is 14.0. The van der Waals surface area contributed by atoms with E-state index in [4.69, 9.17) is 4.74 Å². The van der Waals surface area contributed by atoms with E-state index in [2.05, 4.69) is 0 Å². The fourth-order valence-corrected chi connectivity index (χ4v) is 2.85. The van der Waals surface area contributed by atoms with Crippen LogP contribution in [0.1, 0.15) is 17.3 Å². The number of hydrogen-bond acceptors (Lipinski definition) is 4. The zero-order valence-electron chi connectivity index (χ0n) is 15.1. The molecule has 0 radical (unpaired) electrons. The summed E-state index contributed by atoms with van der Waals surface area (Å²) in [6, 6.07) is 3.92. The fraction of sp³-hybridized carbons (Fsp3) is 0.222. The minimum absolute atomic E-state index is 0.121. The Kier molecular flexibility index (Phi) is 7.73. The number of nitrogens with one attached hydrogen (secondary N) is 2. The lowest BCUT2D eigenvalue weighted by atomic mass is 10.1. The lowest BCUT2D eigenvalue weighted by Gasteiger charge is -2.19. The highest BCUT2D eigenvalue weighted by Gasteiger charge is 2.30. The number of ketones is 1. The molecule has 5 nitrogen and oxygen atoms in total. The van der Waals surface area contributed by atoms with E-state index in [1.54, 1.807) is 0 Å². The van der Waals surface area contributed by atoms with Gasteiger partial charge in [0.25, 0.3) is 0 Å². The molecule has 162 valence electrons. The van der Waals surface area contributed by atoms with E-state index in [-0.39, 0.29) is 6.61 Å². The number of amides is 2. The normalized spacial score (nSPS) is 12.4. The first-order valence-electron chi connectivity index (χ1n) is 8.24. The van der Waals surface area contributed by atoms with Crippen LogP contribution in [0.5, 0.6) is 0 Å². The molecule has 1 unspecified atom stereocenters. The third kappa shape index (κ3) is 6.39. The summed E-state index contributed by atoms with van der Waals surface area (Å²) >= 11 is -0.540. The van der Waals surface area contributed by atoms with Crippen molar-refractivity contribution >= 4 is 29.3 Å². The highest BCUT2D eigenvalue weighted by Crippen LogP contribution is 2.37. The van der Waals surface area contributed by atoms with Gasteiger partial charge in [-0.3, -0.25) is 4.79 Å². The van der Waals surface area contributed by atoms with Crippen LogP contribution in [0.4, 0.5) is 36.8 Å². The van der Waals surface area contributed by atoms with Crippen molar-refractivity contribution < 1.29 is 40.7 Å². The molecule has 2 amide bonds. The Bertz CT molecular complexity index is 918. The lowest BCUT2D eigenvalue weighted by Crippen LogP contribution is -2.45. The molecule has 2 rings (SSSR count). The molecule has 0 aromatic heterocycles. The number of anilines is 1. The van der Waals surface area contributed by atoms with Crippen LogP contribution >= 0.6 is 11.8 Å². The average Bonchev–Trinajstić information content (AvgIpc) is 2.62. The van der Waals surface area contributed by atoms with Gasteiger partial charge >= 0.3 is 11.5 Å². The second-order valence-electron chi connectivity index (χ2n) is 5.58. The Morgan fingerprint density at radius 2 is 1.70 bits per heavy atom. The molecule has 0 bridgehead atoms. The number of carbonyl (C=O) groups is 2. The van der Waals surface area contributed by atoms with Gasteiger partial charge in [0.05, 0.1) is 11.3 Å². The Balaban J connectivity index is 2.13.